The number of nitrogens with two attached hydrogens (primary N) is 1. The minimum atomic E-state index is -0.500. The van der Waals surface area contributed by atoms with Crippen LogP contribution in [0.3, 0.4) is 0 Å². The number of benzene rings is 1. The predicted molar refractivity (Wildman–Crippen MR) is 72.6 cm³/mol. The molecule has 1 atom stereocenters. The number of carbonyl (C=O) groups excluding carboxylic acids is 1. The molecule has 0 aromatic heterocycles. The SMILES string of the molecule is COc1cc(CN)cc(Cl)c1OC1CCN(C)C1=O. The van der Waals surface area contributed by atoms with Gasteiger partial charge in [0, 0.05) is 26.6 Å². The summed E-state index contributed by atoms with van der Waals surface area (Å²) in [5.74, 6) is 0.853. The summed E-state index contributed by atoms with van der Waals surface area (Å²) in [6.45, 7) is 1.05. The molecule has 1 unspecified atom stereocenters. The highest BCUT2D eigenvalue weighted by Gasteiger charge is 2.32. The van der Waals surface area contributed by atoms with E-state index in [0.717, 1.165) is 5.56 Å². The predicted octanol–water partition coefficient (Wildman–Crippen LogP) is 1.42. The molecule has 1 aliphatic heterocycles. The third-order valence-corrected chi connectivity index (χ3v) is 3.44. The average molecular weight is 285 g/mol. The number of likely N-dealkylation sites (tertiary alicyclic amines) is 1. The molecule has 1 aliphatic rings. The molecule has 5 nitrogen and oxygen atoms in total. The molecular weight excluding hydrogens is 268 g/mol. The largest absolute Gasteiger partial charge is 0.493 e. The Kier molecular flexibility index (Phi) is 4.17. The van der Waals surface area contributed by atoms with Crippen molar-refractivity contribution in [1.29, 1.82) is 0 Å². The Balaban J connectivity index is 2.27. The molecule has 19 heavy (non-hydrogen) atoms. The zero-order chi connectivity index (χ0) is 14.0. The van der Waals surface area contributed by atoms with Gasteiger partial charge in [0.05, 0.1) is 12.1 Å². The summed E-state index contributed by atoms with van der Waals surface area (Å²) in [5, 5.41) is 0.405. The summed E-state index contributed by atoms with van der Waals surface area (Å²) < 4.78 is 11.0. The van der Waals surface area contributed by atoms with Gasteiger partial charge in [0.15, 0.2) is 17.6 Å². The second-order valence-corrected chi connectivity index (χ2v) is 4.88. The first kappa shape index (κ1) is 14.0. The topological polar surface area (TPSA) is 64.8 Å². The third kappa shape index (κ3) is 2.77. The summed E-state index contributed by atoms with van der Waals surface area (Å²) in [7, 11) is 3.28. The fourth-order valence-electron chi connectivity index (χ4n) is 2.05. The summed E-state index contributed by atoms with van der Waals surface area (Å²) in [6.07, 6.45) is 0.146. The molecule has 104 valence electrons. The number of rotatable bonds is 4. The fourth-order valence-corrected chi connectivity index (χ4v) is 2.33. The van der Waals surface area contributed by atoms with Gasteiger partial charge < -0.3 is 20.1 Å². The highest BCUT2D eigenvalue weighted by molar-refractivity contribution is 6.32. The lowest BCUT2D eigenvalue weighted by Gasteiger charge is -2.17. The number of amides is 1. The normalized spacial score (nSPS) is 18.8. The van der Waals surface area contributed by atoms with E-state index in [-0.39, 0.29) is 5.91 Å². The standard InChI is InChI=1S/C13H17ClN2O3/c1-16-4-3-10(13(16)17)19-12-9(14)5-8(7-15)6-11(12)18-2/h5-6,10H,3-4,7,15H2,1-2H3. The van der Waals surface area contributed by atoms with Crippen molar-refractivity contribution in [3.63, 3.8) is 0 Å². The Bertz CT molecular complexity index is 493. The Morgan fingerprint density at radius 1 is 1.53 bits per heavy atom. The number of likely N-dealkylation sites (N-methyl/N-ethyl adjacent to an activating group) is 1. The van der Waals surface area contributed by atoms with Crippen molar-refractivity contribution < 1.29 is 14.3 Å². The molecular formula is C13H17ClN2O3. The highest BCUT2D eigenvalue weighted by Crippen LogP contribution is 2.37. The van der Waals surface area contributed by atoms with Crippen LogP contribution in [0.25, 0.3) is 0 Å². The van der Waals surface area contributed by atoms with Gasteiger partial charge in [-0.1, -0.05) is 11.6 Å². The lowest BCUT2D eigenvalue weighted by Crippen LogP contribution is -2.29. The highest BCUT2D eigenvalue weighted by atomic mass is 35.5. The average Bonchev–Trinajstić information content (AvgIpc) is 2.72. The van der Waals surface area contributed by atoms with Crippen LogP contribution in [0.4, 0.5) is 0 Å². The smallest absolute Gasteiger partial charge is 0.263 e. The molecule has 0 spiro atoms. The maximum atomic E-state index is 11.8. The summed E-state index contributed by atoms with van der Waals surface area (Å²) in [5.41, 5.74) is 6.43. The van der Waals surface area contributed by atoms with E-state index in [9.17, 15) is 4.79 Å². The van der Waals surface area contributed by atoms with E-state index in [2.05, 4.69) is 0 Å². The van der Waals surface area contributed by atoms with Gasteiger partial charge in [-0.3, -0.25) is 4.79 Å². The van der Waals surface area contributed by atoms with E-state index in [1.165, 1.54) is 7.11 Å². The number of halogens is 1. The Morgan fingerprint density at radius 2 is 2.26 bits per heavy atom. The van der Waals surface area contributed by atoms with Crippen LogP contribution in [0.15, 0.2) is 12.1 Å². The molecule has 0 bridgehead atoms. The van der Waals surface area contributed by atoms with Crippen LogP contribution in [-0.2, 0) is 11.3 Å². The summed E-state index contributed by atoms with van der Waals surface area (Å²) in [4.78, 5) is 13.5. The first-order chi connectivity index (χ1) is 9.06. The monoisotopic (exact) mass is 284 g/mol. The zero-order valence-electron chi connectivity index (χ0n) is 11.0. The van der Waals surface area contributed by atoms with Gasteiger partial charge >= 0.3 is 0 Å². The van der Waals surface area contributed by atoms with E-state index < -0.39 is 6.10 Å². The zero-order valence-corrected chi connectivity index (χ0v) is 11.7. The lowest BCUT2D eigenvalue weighted by molar-refractivity contribution is -0.132. The van der Waals surface area contributed by atoms with E-state index >= 15 is 0 Å². The van der Waals surface area contributed by atoms with Crippen molar-refractivity contribution in [2.75, 3.05) is 20.7 Å². The van der Waals surface area contributed by atoms with Crippen molar-refractivity contribution in [2.45, 2.75) is 19.1 Å². The molecule has 2 rings (SSSR count). The maximum absolute atomic E-state index is 11.8. The number of hydrogen-bond donors (Lipinski definition) is 1. The summed E-state index contributed by atoms with van der Waals surface area (Å²) >= 11 is 6.17. The Morgan fingerprint density at radius 3 is 2.79 bits per heavy atom. The molecule has 0 aliphatic carbocycles. The van der Waals surface area contributed by atoms with Gasteiger partial charge in [0.25, 0.3) is 5.91 Å². The van der Waals surface area contributed by atoms with Crippen molar-refractivity contribution >= 4 is 17.5 Å². The van der Waals surface area contributed by atoms with Crippen molar-refractivity contribution in [3.8, 4) is 11.5 Å². The van der Waals surface area contributed by atoms with Gasteiger partial charge in [0.1, 0.15) is 0 Å². The van der Waals surface area contributed by atoms with Gasteiger partial charge in [-0.15, -0.1) is 0 Å². The molecule has 1 aromatic rings. The molecule has 2 N–H and O–H groups in total. The van der Waals surface area contributed by atoms with Gasteiger partial charge in [-0.05, 0) is 17.7 Å². The van der Waals surface area contributed by atoms with Crippen LogP contribution >= 0.6 is 11.6 Å². The van der Waals surface area contributed by atoms with Crippen LogP contribution in [-0.4, -0.2) is 37.6 Å². The molecule has 0 radical (unpaired) electrons. The minimum Gasteiger partial charge on any atom is -0.493 e. The second kappa shape index (κ2) is 5.67. The van der Waals surface area contributed by atoms with Crippen molar-refractivity contribution in [2.24, 2.45) is 5.73 Å². The summed E-state index contributed by atoms with van der Waals surface area (Å²) in [6, 6.07) is 3.49. The van der Waals surface area contributed by atoms with Crippen LogP contribution in [0.1, 0.15) is 12.0 Å². The second-order valence-electron chi connectivity index (χ2n) is 4.47. The lowest BCUT2D eigenvalue weighted by atomic mass is 10.2. The van der Waals surface area contributed by atoms with Gasteiger partial charge in [-0.25, -0.2) is 0 Å². The quantitative estimate of drug-likeness (QED) is 0.908. The Hall–Kier alpha value is -1.46. The van der Waals surface area contributed by atoms with Crippen LogP contribution in [0, 0.1) is 0 Å². The van der Waals surface area contributed by atoms with E-state index in [0.29, 0.717) is 36.0 Å². The molecule has 1 heterocycles. The molecule has 1 aromatic carbocycles. The maximum Gasteiger partial charge on any atom is 0.263 e. The molecule has 1 fully saturated rings. The van der Waals surface area contributed by atoms with Crippen molar-refractivity contribution in [1.82, 2.24) is 4.90 Å². The van der Waals surface area contributed by atoms with E-state index in [1.807, 2.05) is 0 Å². The minimum absolute atomic E-state index is 0.0407. The van der Waals surface area contributed by atoms with Gasteiger partial charge in [0.2, 0.25) is 0 Å². The number of ether oxygens (including phenoxy) is 2. The van der Waals surface area contributed by atoms with Crippen LogP contribution in [0.5, 0.6) is 11.5 Å². The fraction of sp³-hybridized carbons (Fsp3) is 0.462. The van der Waals surface area contributed by atoms with E-state index in [1.54, 1.807) is 24.1 Å². The van der Waals surface area contributed by atoms with Crippen LogP contribution < -0.4 is 15.2 Å². The van der Waals surface area contributed by atoms with Crippen molar-refractivity contribution in [3.05, 3.63) is 22.7 Å². The molecule has 1 saturated heterocycles. The molecule has 6 heteroatoms. The first-order valence-electron chi connectivity index (χ1n) is 6.05. The number of methoxy groups -OCH3 is 1. The molecule has 0 saturated carbocycles. The number of nitrogens with zero attached hydrogens (tertiary/aromatic N) is 1. The van der Waals surface area contributed by atoms with Crippen LogP contribution in [0.2, 0.25) is 5.02 Å². The number of carbonyl (C=O) groups is 1. The Labute approximate surface area is 117 Å². The molecule has 1 amide bonds. The first-order valence-corrected chi connectivity index (χ1v) is 6.42. The van der Waals surface area contributed by atoms with E-state index in [4.69, 9.17) is 26.8 Å². The van der Waals surface area contributed by atoms with Gasteiger partial charge in [-0.2, -0.15) is 0 Å². The number of hydrogen-bond acceptors (Lipinski definition) is 4. The third-order valence-electron chi connectivity index (χ3n) is 3.16.